The van der Waals surface area contributed by atoms with E-state index in [0.717, 1.165) is 11.1 Å². The van der Waals surface area contributed by atoms with Crippen LogP contribution >= 0.6 is 23.2 Å². The van der Waals surface area contributed by atoms with Crippen molar-refractivity contribution in [1.29, 1.82) is 0 Å². The van der Waals surface area contributed by atoms with Gasteiger partial charge in [-0.05, 0) is 35.4 Å². The van der Waals surface area contributed by atoms with Crippen molar-refractivity contribution in [3.05, 3.63) is 59.7 Å². The van der Waals surface area contributed by atoms with E-state index in [1.807, 2.05) is 0 Å². The van der Waals surface area contributed by atoms with Gasteiger partial charge in [0.1, 0.15) is 17.3 Å². The smallest absolute Gasteiger partial charge is 0.150 e. The number of phenols is 2. The van der Waals surface area contributed by atoms with Crippen molar-refractivity contribution in [3.8, 4) is 11.5 Å². The summed E-state index contributed by atoms with van der Waals surface area (Å²) in [6.45, 7) is 0. The van der Waals surface area contributed by atoms with Gasteiger partial charge in [0.2, 0.25) is 0 Å². The minimum Gasteiger partial charge on any atom is -0.508 e. The number of alkyl halides is 2. The Kier molecular flexibility index (Phi) is 5.69. The minimum absolute atomic E-state index is 0.0821. The highest BCUT2D eigenvalue weighted by Crippen LogP contribution is 2.30. The van der Waals surface area contributed by atoms with E-state index < -0.39 is 11.8 Å². The normalized spacial score (nSPS) is 13.5. The van der Waals surface area contributed by atoms with Gasteiger partial charge in [-0.25, -0.2) is 0 Å². The average molecular weight is 339 g/mol. The first-order chi connectivity index (χ1) is 10.6. The number of ketones is 1. The van der Waals surface area contributed by atoms with Crippen molar-refractivity contribution in [2.24, 2.45) is 0 Å². The van der Waals surface area contributed by atoms with Crippen molar-refractivity contribution in [2.75, 3.05) is 11.8 Å². The van der Waals surface area contributed by atoms with Gasteiger partial charge in [-0.2, -0.15) is 0 Å². The number of carbonyl (C=O) groups is 1. The van der Waals surface area contributed by atoms with Crippen LogP contribution in [0.25, 0.3) is 0 Å². The van der Waals surface area contributed by atoms with Crippen LogP contribution in [0, 0.1) is 0 Å². The molecule has 2 N–H and O–H groups in total. The number of hydrogen-bond acceptors (Lipinski definition) is 3. The molecule has 0 aliphatic heterocycles. The largest absolute Gasteiger partial charge is 0.508 e. The van der Waals surface area contributed by atoms with Gasteiger partial charge in [-0.3, -0.25) is 4.79 Å². The third-order valence-corrected chi connectivity index (χ3v) is 4.20. The van der Waals surface area contributed by atoms with Gasteiger partial charge in [0, 0.05) is 11.8 Å². The van der Waals surface area contributed by atoms with Crippen LogP contribution in [-0.2, 0) is 4.79 Å². The summed E-state index contributed by atoms with van der Waals surface area (Å²) in [5.74, 6) is -0.542. The van der Waals surface area contributed by atoms with Crippen LogP contribution < -0.4 is 0 Å². The molecule has 3 nitrogen and oxygen atoms in total. The van der Waals surface area contributed by atoms with Crippen molar-refractivity contribution in [3.63, 3.8) is 0 Å². The van der Waals surface area contributed by atoms with Crippen molar-refractivity contribution >= 4 is 29.0 Å². The summed E-state index contributed by atoms with van der Waals surface area (Å²) in [7, 11) is 0. The quantitative estimate of drug-likeness (QED) is 0.782. The Bertz CT molecular complexity index is 568. The fourth-order valence-electron chi connectivity index (χ4n) is 2.31. The molecule has 2 rings (SSSR count). The lowest BCUT2D eigenvalue weighted by molar-refractivity contribution is -0.121. The second-order valence-electron chi connectivity index (χ2n) is 5.00. The van der Waals surface area contributed by atoms with Gasteiger partial charge in [-0.15, -0.1) is 23.2 Å². The Morgan fingerprint density at radius 1 is 0.773 bits per heavy atom. The van der Waals surface area contributed by atoms with Crippen molar-refractivity contribution in [2.45, 2.75) is 11.8 Å². The molecule has 2 aromatic carbocycles. The van der Waals surface area contributed by atoms with Crippen LogP contribution in [-0.4, -0.2) is 27.8 Å². The number of carbonyl (C=O) groups excluding carboxylic acids is 1. The topological polar surface area (TPSA) is 57.5 Å². The molecule has 2 aromatic rings. The van der Waals surface area contributed by atoms with Gasteiger partial charge in [0.25, 0.3) is 0 Å². The molecule has 0 saturated carbocycles. The summed E-state index contributed by atoms with van der Waals surface area (Å²) in [6, 6.07) is 12.8. The van der Waals surface area contributed by atoms with Crippen LogP contribution in [0.15, 0.2) is 48.5 Å². The molecule has 0 saturated heterocycles. The maximum Gasteiger partial charge on any atom is 0.150 e. The predicted molar refractivity (Wildman–Crippen MR) is 88.1 cm³/mol. The fourth-order valence-corrected chi connectivity index (χ4v) is 2.98. The molecule has 0 aromatic heterocycles. The molecular weight excluding hydrogens is 323 g/mol. The van der Waals surface area contributed by atoms with Crippen molar-refractivity contribution in [1.82, 2.24) is 0 Å². The SMILES string of the molecule is O=C(C(CCl)c1ccc(O)cc1)C(CCl)c1ccc(O)cc1. The highest BCUT2D eigenvalue weighted by Gasteiger charge is 2.28. The molecule has 0 amide bonds. The minimum atomic E-state index is -0.500. The second kappa shape index (κ2) is 7.52. The summed E-state index contributed by atoms with van der Waals surface area (Å²) in [4.78, 5) is 12.8. The standard InChI is InChI=1S/C17H16Cl2O3/c18-9-15(11-1-5-13(20)6-2-11)17(22)16(10-19)12-3-7-14(21)8-4-12/h1-8,15-16,20-21H,9-10H2. The third-order valence-electron chi connectivity index (χ3n) is 3.59. The predicted octanol–water partition coefficient (Wildman–Crippen LogP) is 4.01. The van der Waals surface area contributed by atoms with E-state index >= 15 is 0 Å². The first-order valence-electron chi connectivity index (χ1n) is 6.80. The lowest BCUT2D eigenvalue weighted by Crippen LogP contribution is -2.23. The molecule has 2 unspecified atom stereocenters. The number of benzene rings is 2. The summed E-state index contributed by atoms with van der Waals surface area (Å²) in [5.41, 5.74) is 1.48. The molecule has 5 heteroatoms. The summed E-state index contributed by atoms with van der Waals surface area (Å²) >= 11 is 12.0. The van der Waals surface area contributed by atoms with E-state index in [1.54, 1.807) is 24.3 Å². The Labute approximate surface area is 139 Å². The maximum absolute atomic E-state index is 12.8. The molecule has 0 spiro atoms. The second-order valence-corrected chi connectivity index (χ2v) is 5.62. The summed E-state index contributed by atoms with van der Waals surface area (Å²) in [6.07, 6.45) is 0. The van der Waals surface area contributed by atoms with Crippen LogP contribution in [0.2, 0.25) is 0 Å². The molecule has 0 radical (unpaired) electrons. The first kappa shape index (κ1) is 16.7. The van der Waals surface area contributed by atoms with Crippen LogP contribution in [0.3, 0.4) is 0 Å². The monoisotopic (exact) mass is 338 g/mol. The number of halogens is 2. The molecule has 2 atom stereocenters. The van der Waals surface area contributed by atoms with E-state index in [0.29, 0.717) is 0 Å². The van der Waals surface area contributed by atoms with Gasteiger partial charge in [0.15, 0.2) is 0 Å². The lowest BCUT2D eigenvalue weighted by Gasteiger charge is -2.20. The number of aromatic hydroxyl groups is 2. The lowest BCUT2D eigenvalue weighted by atomic mass is 9.85. The van der Waals surface area contributed by atoms with Crippen LogP contribution in [0.5, 0.6) is 11.5 Å². The first-order valence-corrected chi connectivity index (χ1v) is 7.87. The number of rotatable bonds is 6. The van der Waals surface area contributed by atoms with E-state index in [2.05, 4.69) is 0 Å². The van der Waals surface area contributed by atoms with Crippen LogP contribution in [0.1, 0.15) is 23.0 Å². The zero-order valence-electron chi connectivity index (χ0n) is 11.7. The van der Waals surface area contributed by atoms with Crippen LogP contribution in [0.4, 0.5) is 0 Å². The third kappa shape index (κ3) is 3.73. The highest BCUT2D eigenvalue weighted by molar-refractivity contribution is 6.22. The van der Waals surface area contributed by atoms with Gasteiger partial charge >= 0.3 is 0 Å². The average Bonchev–Trinajstić information content (AvgIpc) is 2.52. The van der Waals surface area contributed by atoms with Gasteiger partial charge < -0.3 is 10.2 Å². The fraction of sp³-hybridized carbons (Fsp3) is 0.235. The molecule has 0 aliphatic rings. The molecule has 0 fully saturated rings. The van der Waals surface area contributed by atoms with E-state index in [1.165, 1.54) is 24.3 Å². The Hall–Kier alpha value is -1.71. The van der Waals surface area contributed by atoms with E-state index in [4.69, 9.17) is 23.2 Å². The summed E-state index contributed by atoms with van der Waals surface area (Å²) < 4.78 is 0. The number of hydrogen-bond donors (Lipinski definition) is 2. The zero-order valence-corrected chi connectivity index (χ0v) is 13.3. The van der Waals surface area contributed by atoms with Crippen molar-refractivity contribution < 1.29 is 15.0 Å². The zero-order chi connectivity index (χ0) is 16.1. The highest BCUT2D eigenvalue weighted by atomic mass is 35.5. The Morgan fingerprint density at radius 3 is 1.36 bits per heavy atom. The van der Waals surface area contributed by atoms with Gasteiger partial charge in [0.05, 0.1) is 11.8 Å². The Morgan fingerprint density at radius 2 is 1.09 bits per heavy atom. The molecule has 116 valence electrons. The molecule has 0 aliphatic carbocycles. The molecular formula is C17H16Cl2O3. The van der Waals surface area contributed by atoms with E-state index in [-0.39, 0.29) is 29.0 Å². The molecule has 0 bridgehead atoms. The Balaban J connectivity index is 2.29. The number of phenolic OH excluding ortho intramolecular Hbond substituents is 2. The van der Waals surface area contributed by atoms with Gasteiger partial charge in [-0.1, -0.05) is 24.3 Å². The summed E-state index contributed by atoms with van der Waals surface area (Å²) in [5, 5.41) is 18.7. The molecule has 0 heterocycles. The number of Topliss-reactive ketones (excluding diaryl/α,β-unsaturated/α-hetero) is 1. The maximum atomic E-state index is 12.8. The molecule has 22 heavy (non-hydrogen) atoms. The van der Waals surface area contributed by atoms with E-state index in [9.17, 15) is 15.0 Å².